The van der Waals surface area contributed by atoms with Crippen molar-refractivity contribution < 1.29 is 9.47 Å². The molecule has 1 aliphatic heterocycles. The summed E-state index contributed by atoms with van der Waals surface area (Å²) in [6, 6.07) is 5.82. The van der Waals surface area contributed by atoms with Crippen molar-refractivity contribution in [1.29, 1.82) is 0 Å². The predicted molar refractivity (Wildman–Crippen MR) is 52.1 cm³/mol. The van der Waals surface area contributed by atoms with E-state index in [1.165, 1.54) is 0 Å². The summed E-state index contributed by atoms with van der Waals surface area (Å²) < 4.78 is 10.8. The van der Waals surface area contributed by atoms with E-state index in [1.807, 2.05) is 37.3 Å². The van der Waals surface area contributed by atoms with Gasteiger partial charge in [-0.15, -0.1) is 0 Å². The van der Waals surface area contributed by atoms with Gasteiger partial charge in [-0.05, 0) is 31.2 Å². The molecule has 0 amide bonds. The van der Waals surface area contributed by atoms with Gasteiger partial charge in [0.2, 0.25) is 0 Å². The predicted octanol–water partition coefficient (Wildman–Crippen LogP) is 2.49. The third-order valence-corrected chi connectivity index (χ3v) is 2.09. The van der Waals surface area contributed by atoms with Crippen LogP contribution >= 0.6 is 0 Å². The van der Waals surface area contributed by atoms with Crippen LogP contribution in [0.3, 0.4) is 0 Å². The number of methoxy groups -OCH3 is 1. The van der Waals surface area contributed by atoms with Crippen LogP contribution in [0.4, 0.5) is 0 Å². The Labute approximate surface area is 77.8 Å². The molecule has 0 saturated carbocycles. The third-order valence-electron chi connectivity index (χ3n) is 2.09. The summed E-state index contributed by atoms with van der Waals surface area (Å²) in [5.41, 5.74) is 1.03. The van der Waals surface area contributed by atoms with Crippen molar-refractivity contribution in [3.05, 3.63) is 29.8 Å². The lowest BCUT2D eigenvalue weighted by Gasteiger charge is -2.19. The van der Waals surface area contributed by atoms with Crippen molar-refractivity contribution in [3.8, 4) is 11.5 Å². The van der Waals surface area contributed by atoms with Crippen LogP contribution in [-0.2, 0) is 0 Å². The molecule has 0 radical (unpaired) electrons. The number of hydrogen-bond acceptors (Lipinski definition) is 2. The Balaban J connectivity index is 2.49. The topological polar surface area (TPSA) is 18.5 Å². The molecule has 0 N–H and O–H groups in total. The van der Waals surface area contributed by atoms with Crippen LogP contribution < -0.4 is 9.47 Å². The molecule has 2 nitrogen and oxygen atoms in total. The smallest absolute Gasteiger partial charge is 0.131 e. The molecule has 1 aliphatic rings. The van der Waals surface area contributed by atoms with Gasteiger partial charge in [0.15, 0.2) is 0 Å². The largest absolute Gasteiger partial charge is 0.496 e. The molecule has 0 bridgehead atoms. The van der Waals surface area contributed by atoms with E-state index in [1.54, 1.807) is 7.11 Å². The van der Waals surface area contributed by atoms with Crippen LogP contribution in [0.1, 0.15) is 12.5 Å². The Hall–Kier alpha value is -1.44. The minimum atomic E-state index is 0.152. The van der Waals surface area contributed by atoms with E-state index in [2.05, 4.69) is 0 Å². The molecule has 1 aromatic rings. The van der Waals surface area contributed by atoms with E-state index >= 15 is 0 Å². The fraction of sp³-hybridized carbons (Fsp3) is 0.273. The summed E-state index contributed by atoms with van der Waals surface area (Å²) in [4.78, 5) is 0. The Morgan fingerprint density at radius 3 is 3.00 bits per heavy atom. The first-order valence-corrected chi connectivity index (χ1v) is 4.33. The van der Waals surface area contributed by atoms with Crippen LogP contribution in [-0.4, -0.2) is 13.2 Å². The Morgan fingerprint density at radius 1 is 1.38 bits per heavy atom. The summed E-state index contributed by atoms with van der Waals surface area (Å²) in [5, 5.41) is 0. The van der Waals surface area contributed by atoms with Crippen molar-refractivity contribution >= 4 is 6.08 Å². The lowest BCUT2D eigenvalue weighted by atomic mass is 10.1. The van der Waals surface area contributed by atoms with Gasteiger partial charge in [0, 0.05) is 0 Å². The van der Waals surface area contributed by atoms with E-state index in [4.69, 9.17) is 9.47 Å². The molecule has 68 valence electrons. The van der Waals surface area contributed by atoms with Crippen molar-refractivity contribution in [1.82, 2.24) is 0 Å². The number of hydrogen-bond donors (Lipinski definition) is 0. The number of fused-ring (bicyclic) bond motifs is 1. The normalized spacial score (nSPS) is 19.1. The van der Waals surface area contributed by atoms with Gasteiger partial charge < -0.3 is 9.47 Å². The molecule has 13 heavy (non-hydrogen) atoms. The summed E-state index contributed by atoms with van der Waals surface area (Å²) in [6.07, 6.45) is 4.22. The lowest BCUT2D eigenvalue weighted by Crippen LogP contribution is -2.12. The molecule has 1 aromatic carbocycles. The third kappa shape index (κ3) is 1.39. The zero-order valence-electron chi connectivity index (χ0n) is 7.78. The SMILES string of the molecule is COc1cccc2c1C=CC(C)O2. The molecule has 0 spiro atoms. The van der Waals surface area contributed by atoms with E-state index in [-0.39, 0.29) is 6.10 Å². The van der Waals surface area contributed by atoms with Gasteiger partial charge in [0.25, 0.3) is 0 Å². The van der Waals surface area contributed by atoms with Crippen LogP contribution in [0.15, 0.2) is 24.3 Å². The second-order valence-corrected chi connectivity index (χ2v) is 3.05. The summed E-state index contributed by atoms with van der Waals surface area (Å²) >= 11 is 0. The highest BCUT2D eigenvalue weighted by Crippen LogP contribution is 2.33. The minimum Gasteiger partial charge on any atom is -0.496 e. The van der Waals surface area contributed by atoms with Crippen LogP contribution in [0.2, 0.25) is 0 Å². The second-order valence-electron chi connectivity index (χ2n) is 3.05. The van der Waals surface area contributed by atoms with E-state index in [0.717, 1.165) is 17.1 Å². The average Bonchev–Trinajstić information content (AvgIpc) is 2.16. The zero-order chi connectivity index (χ0) is 9.26. The Bertz CT molecular complexity index is 342. The number of ether oxygens (including phenoxy) is 2. The van der Waals surface area contributed by atoms with E-state index in [9.17, 15) is 0 Å². The highest BCUT2D eigenvalue weighted by Gasteiger charge is 2.13. The van der Waals surface area contributed by atoms with Crippen LogP contribution in [0.25, 0.3) is 6.08 Å². The molecule has 1 unspecified atom stereocenters. The quantitative estimate of drug-likeness (QED) is 0.654. The highest BCUT2D eigenvalue weighted by atomic mass is 16.5. The average molecular weight is 176 g/mol. The Morgan fingerprint density at radius 2 is 2.23 bits per heavy atom. The van der Waals surface area contributed by atoms with Gasteiger partial charge in [0.1, 0.15) is 17.6 Å². The first kappa shape index (κ1) is 8.17. The van der Waals surface area contributed by atoms with Gasteiger partial charge in [-0.25, -0.2) is 0 Å². The van der Waals surface area contributed by atoms with Gasteiger partial charge in [0.05, 0.1) is 12.7 Å². The highest BCUT2D eigenvalue weighted by molar-refractivity contribution is 5.66. The monoisotopic (exact) mass is 176 g/mol. The molecule has 0 aromatic heterocycles. The summed E-state index contributed by atoms with van der Waals surface area (Å²) in [6.45, 7) is 2.01. The van der Waals surface area contributed by atoms with Gasteiger partial charge in [-0.2, -0.15) is 0 Å². The zero-order valence-corrected chi connectivity index (χ0v) is 7.78. The molecule has 0 saturated heterocycles. The van der Waals surface area contributed by atoms with E-state index in [0.29, 0.717) is 0 Å². The molecule has 2 rings (SSSR count). The standard InChI is InChI=1S/C11H12O2/c1-8-6-7-9-10(12-2)4-3-5-11(9)13-8/h3-8H,1-2H3. The van der Waals surface area contributed by atoms with Gasteiger partial charge in [-0.1, -0.05) is 6.07 Å². The lowest BCUT2D eigenvalue weighted by molar-refractivity contribution is 0.264. The van der Waals surface area contributed by atoms with Crippen molar-refractivity contribution in [2.24, 2.45) is 0 Å². The fourth-order valence-electron chi connectivity index (χ4n) is 1.44. The Kier molecular flexibility index (Phi) is 1.97. The summed E-state index contributed by atoms with van der Waals surface area (Å²) in [5.74, 6) is 1.76. The molecule has 1 atom stereocenters. The van der Waals surface area contributed by atoms with Crippen LogP contribution in [0, 0.1) is 0 Å². The van der Waals surface area contributed by atoms with Crippen molar-refractivity contribution in [2.75, 3.05) is 7.11 Å². The fourth-order valence-corrected chi connectivity index (χ4v) is 1.44. The molecular weight excluding hydrogens is 164 g/mol. The van der Waals surface area contributed by atoms with Gasteiger partial charge >= 0.3 is 0 Å². The second kappa shape index (κ2) is 3.13. The van der Waals surface area contributed by atoms with Crippen molar-refractivity contribution in [3.63, 3.8) is 0 Å². The first-order chi connectivity index (χ1) is 6.31. The van der Waals surface area contributed by atoms with E-state index < -0.39 is 0 Å². The van der Waals surface area contributed by atoms with Crippen molar-refractivity contribution in [2.45, 2.75) is 13.0 Å². The molecule has 2 heteroatoms. The number of benzene rings is 1. The maximum absolute atomic E-state index is 5.61. The molecule has 0 aliphatic carbocycles. The molecule has 0 fully saturated rings. The number of rotatable bonds is 1. The van der Waals surface area contributed by atoms with Gasteiger partial charge in [-0.3, -0.25) is 0 Å². The minimum absolute atomic E-state index is 0.152. The molecule has 1 heterocycles. The first-order valence-electron chi connectivity index (χ1n) is 4.33. The maximum atomic E-state index is 5.61. The summed E-state index contributed by atoms with van der Waals surface area (Å²) in [7, 11) is 1.67. The molecular formula is C11H12O2. The maximum Gasteiger partial charge on any atom is 0.131 e. The van der Waals surface area contributed by atoms with Crippen LogP contribution in [0.5, 0.6) is 11.5 Å².